The summed E-state index contributed by atoms with van der Waals surface area (Å²) in [6.45, 7) is 5.17. The number of benzene rings is 2. The van der Waals surface area contributed by atoms with Crippen molar-refractivity contribution in [1.82, 2.24) is 0 Å². The van der Waals surface area contributed by atoms with Crippen LogP contribution in [0.5, 0.6) is 5.75 Å². The van der Waals surface area contributed by atoms with Gasteiger partial charge >= 0.3 is 5.97 Å². The lowest BCUT2D eigenvalue weighted by Gasteiger charge is -2.13. The molecule has 0 amide bonds. The van der Waals surface area contributed by atoms with E-state index in [1.165, 1.54) is 0 Å². The van der Waals surface area contributed by atoms with Crippen LogP contribution in [0.3, 0.4) is 0 Å². The quantitative estimate of drug-likeness (QED) is 0.762. The monoisotopic (exact) mass is 299 g/mol. The van der Waals surface area contributed by atoms with Gasteiger partial charge in [0, 0.05) is 6.54 Å². The maximum absolute atomic E-state index is 11.2. The standard InChI is InChI=1S/C18H21NO3/c1-13-7-3-4-10-16(13)22-12-6-11-19-17-14(2)8-5-9-15(17)18(20)21/h3-5,7-10,19H,6,11-12H2,1-2H3,(H,20,21). The average Bonchev–Trinajstić information content (AvgIpc) is 2.49. The molecular formula is C18H21NO3. The van der Waals surface area contributed by atoms with Gasteiger partial charge in [-0.25, -0.2) is 4.79 Å². The zero-order valence-corrected chi connectivity index (χ0v) is 12.9. The molecule has 0 saturated heterocycles. The van der Waals surface area contributed by atoms with Crippen LogP contribution >= 0.6 is 0 Å². The Morgan fingerprint density at radius 3 is 2.55 bits per heavy atom. The van der Waals surface area contributed by atoms with Crippen LogP contribution in [0.15, 0.2) is 42.5 Å². The lowest BCUT2D eigenvalue weighted by Crippen LogP contribution is -2.12. The Labute approximate surface area is 130 Å². The van der Waals surface area contributed by atoms with E-state index in [4.69, 9.17) is 4.74 Å². The number of para-hydroxylation sites is 2. The van der Waals surface area contributed by atoms with Gasteiger partial charge in [0.2, 0.25) is 0 Å². The summed E-state index contributed by atoms with van der Waals surface area (Å²) in [5, 5.41) is 12.4. The summed E-state index contributed by atoms with van der Waals surface area (Å²) in [5.74, 6) is -0.0213. The van der Waals surface area contributed by atoms with Crippen LogP contribution < -0.4 is 10.1 Å². The predicted octanol–water partition coefficient (Wildman–Crippen LogP) is 3.88. The van der Waals surface area contributed by atoms with E-state index in [2.05, 4.69) is 5.32 Å². The normalized spacial score (nSPS) is 10.3. The number of ether oxygens (including phenoxy) is 1. The Kier molecular flexibility index (Phi) is 5.42. The number of aromatic carboxylic acids is 1. The van der Waals surface area contributed by atoms with Gasteiger partial charge in [0.05, 0.1) is 17.9 Å². The number of carboxylic acid groups (broad SMARTS) is 1. The molecule has 0 unspecified atom stereocenters. The number of rotatable bonds is 7. The van der Waals surface area contributed by atoms with Crippen LogP contribution in [0, 0.1) is 13.8 Å². The van der Waals surface area contributed by atoms with Gasteiger partial charge in [-0.05, 0) is 43.5 Å². The van der Waals surface area contributed by atoms with Gasteiger partial charge in [-0.2, -0.15) is 0 Å². The average molecular weight is 299 g/mol. The van der Waals surface area contributed by atoms with Gasteiger partial charge in [-0.15, -0.1) is 0 Å². The maximum atomic E-state index is 11.2. The second kappa shape index (κ2) is 7.50. The summed E-state index contributed by atoms with van der Waals surface area (Å²) in [7, 11) is 0. The fourth-order valence-corrected chi connectivity index (χ4v) is 2.27. The highest BCUT2D eigenvalue weighted by Gasteiger charge is 2.11. The number of carboxylic acids is 1. The molecule has 0 aromatic heterocycles. The van der Waals surface area contributed by atoms with Gasteiger partial charge in [0.15, 0.2) is 0 Å². The smallest absolute Gasteiger partial charge is 0.337 e. The van der Waals surface area contributed by atoms with Crippen molar-refractivity contribution in [2.24, 2.45) is 0 Å². The molecule has 4 nitrogen and oxygen atoms in total. The zero-order chi connectivity index (χ0) is 15.9. The van der Waals surface area contributed by atoms with Crippen LogP contribution in [0.1, 0.15) is 27.9 Å². The van der Waals surface area contributed by atoms with Gasteiger partial charge in [0.1, 0.15) is 5.75 Å². The minimum atomic E-state index is -0.914. The van der Waals surface area contributed by atoms with E-state index in [-0.39, 0.29) is 0 Å². The molecule has 2 rings (SSSR count). The van der Waals surface area contributed by atoms with Crippen LogP contribution in [0.2, 0.25) is 0 Å². The van der Waals surface area contributed by atoms with Gasteiger partial charge < -0.3 is 15.2 Å². The van der Waals surface area contributed by atoms with Crippen LogP contribution in [0.4, 0.5) is 5.69 Å². The van der Waals surface area contributed by atoms with Crippen molar-refractivity contribution >= 4 is 11.7 Å². The fraction of sp³-hybridized carbons (Fsp3) is 0.278. The van der Waals surface area contributed by atoms with E-state index in [1.54, 1.807) is 12.1 Å². The molecule has 4 heteroatoms. The molecule has 0 aliphatic rings. The minimum absolute atomic E-state index is 0.305. The summed E-state index contributed by atoms with van der Waals surface area (Å²) in [5.41, 5.74) is 3.04. The van der Waals surface area contributed by atoms with E-state index in [0.717, 1.165) is 23.3 Å². The number of hydrogen-bond acceptors (Lipinski definition) is 3. The number of aryl methyl sites for hydroxylation is 2. The van der Waals surface area contributed by atoms with Crippen molar-refractivity contribution in [2.45, 2.75) is 20.3 Å². The van der Waals surface area contributed by atoms with Crippen molar-refractivity contribution in [3.63, 3.8) is 0 Å². The molecular weight excluding hydrogens is 278 g/mol. The Balaban J connectivity index is 1.85. The van der Waals surface area contributed by atoms with Crippen molar-refractivity contribution in [1.29, 1.82) is 0 Å². The third-order valence-electron chi connectivity index (χ3n) is 3.48. The highest BCUT2D eigenvalue weighted by atomic mass is 16.5. The second-order valence-electron chi connectivity index (χ2n) is 5.20. The first-order valence-corrected chi connectivity index (χ1v) is 7.35. The highest BCUT2D eigenvalue weighted by Crippen LogP contribution is 2.20. The van der Waals surface area contributed by atoms with E-state index >= 15 is 0 Å². The molecule has 0 aliphatic heterocycles. The first-order chi connectivity index (χ1) is 10.6. The molecule has 22 heavy (non-hydrogen) atoms. The molecule has 0 atom stereocenters. The van der Waals surface area contributed by atoms with Gasteiger partial charge in [-0.3, -0.25) is 0 Å². The second-order valence-corrected chi connectivity index (χ2v) is 5.20. The van der Waals surface area contributed by atoms with E-state index < -0.39 is 5.97 Å². The van der Waals surface area contributed by atoms with E-state index in [9.17, 15) is 9.90 Å². The van der Waals surface area contributed by atoms with Crippen LogP contribution in [-0.4, -0.2) is 24.2 Å². The molecule has 0 heterocycles. The number of hydrogen-bond donors (Lipinski definition) is 2. The third kappa shape index (κ3) is 4.01. The minimum Gasteiger partial charge on any atom is -0.493 e. The molecule has 0 saturated carbocycles. The fourth-order valence-electron chi connectivity index (χ4n) is 2.27. The molecule has 2 aromatic carbocycles. The molecule has 0 radical (unpaired) electrons. The molecule has 0 bridgehead atoms. The first kappa shape index (κ1) is 15.9. The molecule has 116 valence electrons. The molecule has 2 aromatic rings. The Hall–Kier alpha value is -2.49. The largest absolute Gasteiger partial charge is 0.493 e. The van der Waals surface area contributed by atoms with Crippen molar-refractivity contribution in [2.75, 3.05) is 18.5 Å². The Morgan fingerprint density at radius 2 is 1.82 bits per heavy atom. The lowest BCUT2D eigenvalue weighted by atomic mass is 10.1. The molecule has 0 spiro atoms. The van der Waals surface area contributed by atoms with Crippen molar-refractivity contribution in [3.05, 3.63) is 59.2 Å². The SMILES string of the molecule is Cc1ccccc1OCCCNc1c(C)cccc1C(=O)O. The topological polar surface area (TPSA) is 58.6 Å². The zero-order valence-electron chi connectivity index (χ0n) is 12.9. The Morgan fingerprint density at radius 1 is 1.09 bits per heavy atom. The van der Waals surface area contributed by atoms with Crippen LogP contribution in [0.25, 0.3) is 0 Å². The predicted molar refractivity (Wildman–Crippen MR) is 87.9 cm³/mol. The summed E-state index contributed by atoms with van der Waals surface area (Å²) >= 11 is 0. The first-order valence-electron chi connectivity index (χ1n) is 7.35. The van der Waals surface area contributed by atoms with E-state index in [1.807, 2.05) is 44.2 Å². The summed E-state index contributed by atoms with van der Waals surface area (Å²) < 4.78 is 5.73. The Bertz CT molecular complexity index is 653. The van der Waals surface area contributed by atoms with Gasteiger partial charge in [-0.1, -0.05) is 30.3 Å². The number of anilines is 1. The highest BCUT2D eigenvalue weighted by molar-refractivity contribution is 5.95. The lowest BCUT2D eigenvalue weighted by molar-refractivity contribution is 0.0698. The van der Waals surface area contributed by atoms with Crippen LogP contribution in [-0.2, 0) is 0 Å². The molecule has 0 aliphatic carbocycles. The summed E-state index contributed by atoms with van der Waals surface area (Å²) in [6.07, 6.45) is 0.793. The van der Waals surface area contributed by atoms with Gasteiger partial charge in [0.25, 0.3) is 0 Å². The maximum Gasteiger partial charge on any atom is 0.337 e. The molecule has 0 fully saturated rings. The van der Waals surface area contributed by atoms with Crippen molar-refractivity contribution in [3.8, 4) is 5.75 Å². The molecule has 2 N–H and O–H groups in total. The number of nitrogens with one attached hydrogen (secondary N) is 1. The summed E-state index contributed by atoms with van der Waals surface area (Å²) in [6, 6.07) is 13.2. The third-order valence-corrected chi connectivity index (χ3v) is 3.48. The van der Waals surface area contributed by atoms with E-state index in [0.29, 0.717) is 24.4 Å². The number of carbonyl (C=O) groups is 1. The summed E-state index contributed by atoms with van der Waals surface area (Å²) in [4.78, 5) is 11.2. The van der Waals surface area contributed by atoms with Crippen molar-refractivity contribution < 1.29 is 14.6 Å².